The summed E-state index contributed by atoms with van der Waals surface area (Å²) >= 11 is 1.78. The standard InChI is InChI=1S/C14H18N2O3S2/c17-21(18,19)12-4-9-16-10-11-20-14(16)7-8-15-13-5-2-1-3-6-13/h1-3,5-6,8H,4,7,9-12H2/p+1. The maximum atomic E-state index is 10.7. The van der Waals surface area contributed by atoms with Crippen molar-refractivity contribution in [2.75, 3.05) is 24.6 Å². The van der Waals surface area contributed by atoms with Crippen molar-refractivity contribution in [3.05, 3.63) is 30.3 Å². The highest BCUT2D eigenvalue weighted by atomic mass is 32.2. The van der Waals surface area contributed by atoms with E-state index in [0.717, 1.165) is 24.4 Å². The summed E-state index contributed by atoms with van der Waals surface area (Å²) in [4.78, 5) is 4.40. The average molecular weight is 327 g/mol. The van der Waals surface area contributed by atoms with Gasteiger partial charge in [-0.1, -0.05) is 30.0 Å². The highest BCUT2D eigenvalue weighted by molar-refractivity contribution is 8.13. The minimum Gasteiger partial charge on any atom is -0.286 e. The molecule has 0 fully saturated rings. The predicted octanol–water partition coefficient (Wildman–Crippen LogP) is 2.21. The molecule has 1 aliphatic heterocycles. The SMILES string of the molecule is O=S(=O)(O)CCC[N+]1=C(CC=Nc2ccccc2)SCC1. The van der Waals surface area contributed by atoms with Crippen molar-refractivity contribution in [1.82, 2.24) is 0 Å². The molecule has 0 saturated carbocycles. The lowest BCUT2D eigenvalue weighted by Crippen LogP contribution is -2.19. The van der Waals surface area contributed by atoms with Crippen LogP contribution in [-0.4, -0.2) is 53.4 Å². The van der Waals surface area contributed by atoms with Crippen molar-refractivity contribution in [3.63, 3.8) is 0 Å². The van der Waals surface area contributed by atoms with Gasteiger partial charge in [-0.2, -0.15) is 8.42 Å². The van der Waals surface area contributed by atoms with E-state index in [4.69, 9.17) is 4.55 Å². The number of nitrogens with zero attached hydrogens (tertiary/aromatic N) is 2. The molecule has 1 aromatic carbocycles. The van der Waals surface area contributed by atoms with Gasteiger partial charge in [0.25, 0.3) is 10.1 Å². The lowest BCUT2D eigenvalue weighted by Gasteiger charge is -1.99. The van der Waals surface area contributed by atoms with Crippen LogP contribution in [0.15, 0.2) is 35.3 Å². The summed E-state index contributed by atoms with van der Waals surface area (Å²) in [6.45, 7) is 1.58. The van der Waals surface area contributed by atoms with Gasteiger partial charge in [0, 0.05) is 12.6 Å². The molecule has 0 bridgehead atoms. The van der Waals surface area contributed by atoms with E-state index in [1.165, 1.54) is 5.04 Å². The van der Waals surface area contributed by atoms with E-state index < -0.39 is 10.1 Å². The zero-order valence-electron chi connectivity index (χ0n) is 11.7. The second kappa shape index (κ2) is 7.72. The van der Waals surface area contributed by atoms with E-state index >= 15 is 0 Å². The molecule has 1 heterocycles. The fraction of sp³-hybridized carbons (Fsp3) is 0.429. The highest BCUT2D eigenvalue weighted by Gasteiger charge is 2.22. The topological polar surface area (TPSA) is 69.7 Å². The summed E-state index contributed by atoms with van der Waals surface area (Å²) in [7, 11) is -3.86. The van der Waals surface area contributed by atoms with Crippen molar-refractivity contribution < 1.29 is 17.5 Å². The van der Waals surface area contributed by atoms with Crippen LogP contribution in [0.3, 0.4) is 0 Å². The number of rotatable bonds is 7. The van der Waals surface area contributed by atoms with Crippen LogP contribution < -0.4 is 0 Å². The molecule has 1 aliphatic rings. The number of thioether (sulfide) groups is 1. The maximum absolute atomic E-state index is 10.7. The van der Waals surface area contributed by atoms with Gasteiger partial charge >= 0.3 is 0 Å². The van der Waals surface area contributed by atoms with Crippen LogP contribution in [0.5, 0.6) is 0 Å². The highest BCUT2D eigenvalue weighted by Crippen LogP contribution is 2.15. The third-order valence-corrected chi connectivity index (χ3v) is 5.02. The normalized spacial score (nSPS) is 16.0. The van der Waals surface area contributed by atoms with Gasteiger partial charge in [0.1, 0.15) is 6.54 Å². The van der Waals surface area contributed by atoms with Crippen LogP contribution in [-0.2, 0) is 10.1 Å². The minimum atomic E-state index is -3.86. The Morgan fingerprint density at radius 1 is 1.33 bits per heavy atom. The molecule has 0 aliphatic carbocycles. The molecule has 21 heavy (non-hydrogen) atoms. The second-order valence-electron chi connectivity index (χ2n) is 4.72. The summed E-state index contributed by atoms with van der Waals surface area (Å²) in [5, 5.41) is 1.21. The van der Waals surface area contributed by atoms with E-state index in [-0.39, 0.29) is 5.75 Å². The summed E-state index contributed by atoms with van der Waals surface area (Å²) < 4.78 is 32.4. The van der Waals surface area contributed by atoms with Crippen LogP contribution in [0.1, 0.15) is 12.8 Å². The van der Waals surface area contributed by atoms with Crippen molar-refractivity contribution >= 4 is 38.8 Å². The van der Waals surface area contributed by atoms with Crippen LogP contribution in [0.25, 0.3) is 0 Å². The average Bonchev–Trinajstić information content (AvgIpc) is 2.86. The molecule has 0 unspecified atom stereocenters. The lowest BCUT2D eigenvalue weighted by atomic mass is 10.3. The summed E-state index contributed by atoms with van der Waals surface area (Å²) in [6, 6.07) is 9.76. The van der Waals surface area contributed by atoms with Gasteiger partial charge < -0.3 is 0 Å². The Balaban J connectivity index is 1.88. The minimum absolute atomic E-state index is 0.181. The van der Waals surface area contributed by atoms with Gasteiger partial charge in [0.2, 0.25) is 5.04 Å². The molecule has 114 valence electrons. The molecular formula is C14H19N2O3S2+. The molecule has 5 nitrogen and oxygen atoms in total. The van der Waals surface area contributed by atoms with Gasteiger partial charge in [-0.3, -0.25) is 9.55 Å². The Bertz CT molecular complexity index is 625. The first-order chi connectivity index (χ1) is 10.0. The molecule has 7 heteroatoms. The Hall–Kier alpha value is -1.18. The molecule has 0 saturated heterocycles. The molecule has 2 rings (SSSR count). The Morgan fingerprint density at radius 3 is 2.81 bits per heavy atom. The van der Waals surface area contributed by atoms with Crippen LogP contribution >= 0.6 is 11.8 Å². The quantitative estimate of drug-likeness (QED) is 0.473. The largest absolute Gasteiger partial charge is 0.286 e. The van der Waals surface area contributed by atoms with Crippen molar-refractivity contribution in [2.24, 2.45) is 4.99 Å². The molecule has 1 N–H and O–H groups in total. The van der Waals surface area contributed by atoms with E-state index in [1.807, 2.05) is 36.5 Å². The first kappa shape index (κ1) is 16.2. The van der Waals surface area contributed by atoms with Gasteiger partial charge in [-0.05, 0) is 12.1 Å². The zero-order valence-corrected chi connectivity index (χ0v) is 13.3. The zero-order chi connectivity index (χ0) is 15.1. The fourth-order valence-electron chi connectivity index (χ4n) is 2.10. The third kappa shape index (κ3) is 5.99. The molecule has 1 aromatic rings. The van der Waals surface area contributed by atoms with E-state index in [9.17, 15) is 8.42 Å². The number of hydrogen-bond donors (Lipinski definition) is 1. The molecule has 0 aromatic heterocycles. The van der Waals surface area contributed by atoms with Crippen LogP contribution in [0.2, 0.25) is 0 Å². The summed E-state index contributed by atoms with van der Waals surface area (Å²) in [6.07, 6.45) is 3.09. The molecule has 0 spiro atoms. The van der Waals surface area contributed by atoms with Crippen molar-refractivity contribution in [1.29, 1.82) is 0 Å². The fourth-order valence-corrected chi connectivity index (χ4v) is 3.69. The Kier molecular flexibility index (Phi) is 5.96. The number of hydrogen-bond acceptors (Lipinski definition) is 4. The first-order valence-corrected chi connectivity index (χ1v) is 9.40. The number of para-hydroxylation sites is 1. The van der Waals surface area contributed by atoms with E-state index in [0.29, 0.717) is 13.0 Å². The molecular weight excluding hydrogens is 308 g/mol. The van der Waals surface area contributed by atoms with Crippen molar-refractivity contribution in [3.8, 4) is 0 Å². The second-order valence-corrected chi connectivity index (χ2v) is 7.46. The predicted molar refractivity (Wildman–Crippen MR) is 87.7 cm³/mol. The molecule has 0 atom stereocenters. The van der Waals surface area contributed by atoms with Gasteiger partial charge in [-0.25, -0.2) is 4.58 Å². The summed E-state index contributed by atoms with van der Waals surface area (Å²) in [5.41, 5.74) is 0.930. The van der Waals surface area contributed by atoms with Gasteiger partial charge in [0.15, 0.2) is 6.54 Å². The maximum Gasteiger partial charge on any atom is 0.265 e. The smallest absolute Gasteiger partial charge is 0.265 e. The van der Waals surface area contributed by atoms with Crippen LogP contribution in [0.4, 0.5) is 5.69 Å². The van der Waals surface area contributed by atoms with E-state index in [1.54, 1.807) is 11.8 Å². The first-order valence-electron chi connectivity index (χ1n) is 6.81. The lowest BCUT2D eigenvalue weighted by molar-refractivity contribution is -0.518. The molecule has 0 amide bonds. The van der Waals surface area contributed by atoms with E-state index in [2.05, 4.69) is 9.57 Å². The van der Waals surface area contributed by atoms with Crippen LogP contribution in [0, 0.1) is 0 Å². The van der Waals surface area contributed by atoms with Gasteiger partial charge in [0.05, 0.1) is 23.6 Å². The van der Waals surface area contributed by atoms with Crippen molar-refractivity contribution in [2.45, 2.75) is 12.8 Å². The molecule has 0 radical (unpaired) electrons. The summed E-state index contributed by atoms with van der Waals surface area (Å²) in [5.74, 6) is 0.833. The van der Waals surface area contributed by atoms with Gasteiger partial charge in [-0.15, -0.1) is 0 Å². The number of aliphatic imine (C=N–C) groups is 1. The third-order valence-electron chi connectivity index (χ3n) is 3.08. The Labute approximate surface area is 129 Å². The monoisotopic (exact) mass is 327 g/mol. The number of benzene rings is 1. The Morgan fingerprint density at radius 2 is 2.10 bits per heavy atom.